The van der Waals surface area contributed by atoms with Crippen molar-refractivity contribution in [1.29, 1.82) is 0 Å². The summed E-state index contributed by atoms with van der Waals surface area (Å²) in [7, 11) is 1.61. The van der Waals surface area contributed by atoms with E-state index in [1.165, 1.54) is 0 Å². The molecule has 12 nitrogen and oxygen atoms in total. The Bertz CT molecular complexity index is 2790. The summed E-state index contributed by atoms with van der Waals surface area (Å²) in [6, 6.07) is 44.4. The van der Waals surface area contributed by atoms with E-state index in [0.717, 1.165) is 35.5 Å². The molecule has 3 N–H and O–H groups in total. The highest BCUT2D eigenvalue weighted by Crippen LogP contribution is 2.65. The molecule has 0 saturated carbocycles. The summed E-state index contributed by atoms with van der Waals surface area (Å²) in [5.74, 6) is 4.86. The Kier molecular flexibility index (Phi) is 11.7. The maximum absolute atomic E-state index is 15.7. The summed E-state index contributed by atoms with van der Waals surface area (Å²) in [4.78, 5) is 50.8. The molecule has 6 atom stereocenters. The number of nitrogens with zero attached hydrogens (tertiary/aromatic N) is 2. The molecule has 4 aliphatic rings. The average molecular weight is 881 g/mol. The largest absolute Gasteiger partial charge is 0.497 e. The molecule has 1 spiro atoms. The average Bonchev–Trinajstić information content (AvgIpc) is 3.85. The van der Waals surface area contributed by atoms with Crippen LogP contribution in [0.5, 0.6) is 11.5 Å². The van der Waals surface area contributed by atoms with E-state index >= 15 is 14.4 Å². The van der Waals surface area contributed by atoms with Crippen LogP contribution in [0.25, 0.3) is 0 Å². The number of rotatable bonds is 10. The standard InChI is InChI=1S/C54H48N4O8/c1-63-42-23-14-35(15-24-42)12-13-36-16-27-45-44(34-36)54(53(62)56-45)46(51(60)55-40-19-21-41(22-20-40)57-28-31-64-32-29-57)48-52(61)66-49(38-10-6-3-7-11-38)47(37-8-4-2-5-9-37)58(48)50(54)39-17-25-43(26-18-39)65-33-30-59/h2-11,14-27,34,46-50,59H,28-33H2,1H3,(H,55,60)(H,56,62). The van der Waals surface area contributed by atoms with Crippen molar-refractivity contribution in [2.75, 3.05) is 62.2 Å². The van der Waals surface area contributed by atoms with Crippen LogP contribution in [0, 0.1) is 17.8 Å². The van der Waals surface area contributed by atoms with Gasteiger partial charge < -0.3 is 39.6 Å². The lowest BCUT2D eigenvalue weighted by molar-refractivity contribution is -0.177. The summed E-state index contributed by atoms with van der Waals surface area (Å²) >= 11 is 0. The van der Waals surface area contributed by atoms with Crippen LogP contribution in [-0.2, 0) is 29.3 Å². The van der Waals surface area contributed by atoms with E-state index in [0.29, 0.717) is 52.8 Å². The lowest BCUT2D eigenvalue weighted by Gasteiger charge is -2.46. The van der Waals surface area contributed by atoms with Crippen molar-refractivity contribution in [3.8, 4) is 23.3 Å². The molecule has 6 aromatic carbocycles. The number of anilines is 3. The molecule has 4 aliphatic heterocycles. The van der Waals surface area contributed by atoms with Crippen molar-refractivity contribution in [3.63, 3.8) is 0 Å². The molecule has 0 aromatic heterocycles. The number of ether oxygens (including phenoxy) is 4. The second kappa shape index (κ2) is 18.2. The van der Waals surface area contributed by atoms with E-state index in [1.807, 2.05) is 140 Å². The molecule has 2 amide bonds. The van der Waals surface area contributed by atoms with Gasteiger partial charge in [0.05, 0.1) is 44.9 Å². The zero-order chi connectivity index (χ0) is 45.2. The Balaban J connectivity index is 1.18. The first kappa shape index (κ1) is 42.5. The number of aliphatic hydroxyl groups is 1. The summed E-state index contributed by atoms with van der Waals surface area (Å²) in [5.41, 5.74) is 4.47. The van der Waals surface area contributed by atoms with E-state index in [-0.39, 0.29) is 13.2 Å². The van der Waals surface area contributed by atoms with Crippen molar-refractivity contribution in [2.24, 2.45) is 5.92 Å². The highest BCUT2D eigenvalue weighted by molar-refractivity contribution is 6.13. The topological polar surface area (TPSA) is 139 Å². The Morgan fingerprint density at radius 3 is 2.11 bits per heavy atom. The number of carbonyl (C=O) groups excluding carboxylic acids is 3. The minimum atomic E-state index is -1.72. The van der Waals surface area contributed by atoms with Gasteiger partial charge in [-0.1, -0.05) is 84.6 Å². The third-order valence-corrected chi connectivity index (χ3v) is 13.1. The smallest absolute Gasteiger partial charge is 0.324 e. The number of cyclic esters (lactones) is 1. The predicted octanol–water partition coefficient (Wildman–Crippen LogP) is 7.21. The molecule has 6 aromatic rings. The summed E-state index contributed by atoms with van der Waals surface area (Å²) in [5, 5.41) is 15.9. The molecular weight excluding hydrogens is 833 g/mol. The van der Waals surface area contributed by atoms with Crippen LogP contribution < -0.4 is 25.0 Å². The maximum Gasteiger partial charge on any atom is 0.324 e. The van der Waals surface area contributed by atoms with Crippen molar-refractivity contribution >= 4 is 34.8 Å². The number of methoxy groups -OCH3 is 1. The predicted molar refractivity (Wildman–Crippen MR) is 249 cm³/mol. The Labute approximate surface area is 383 Å². The zero-order valence-corrected chi connectivity index (χ0v) is 36.3. The summed E-state index contributed by atoms with van der Waals surface area (Å²) < 4.78 is 23.3. The normalized spacial score (nSPS) is 23.2. The van der Waals surface area contributed by atoms with Gasteiger partial charge in [0.25, 0.3) is 0 Å². The van der Waals surface area contributed by atoms with E-state index < -0.39 is 53.3 Å². The fourth-order valence-corrected chi connectivity index (χ4v) is 10.2. The number of morpholine rings is 2. The lowest BCUT2D eigenvalue weighted by Crippen LogP contribution is -2.53. The number of carbonyl (C=O) groups is 3. The second-order valence-corrected chi connectivity index (χ2v) is 16.7. The van der Waals surface area contributed by atoms with Crippen LogP contribution >= 0.6 is 0 Å². The minimum Gasteiger partial charge on any atom is -0.497 e. The number of amides is 2. The molecule has 66 heavy (non-hydrogen) atoms. The number of hydrogen-bond acceptors (Lipinski definition) is 10. The van der Waals surface area contributed by atoms with Crippen LogP contribution in [0.3, 0.4) is 0 Å². The molecule has 3 fully saturated rings. The van der Waals surface area contributed by atoms with E-state index in [1.54, 1.807) is 19.2 Å². The first-order valence-electron chi connectivity index (χ1n) is 22.1. The van der Waals surface area contributed by atoms with Crippen molar-refractivity contribution < 1.29 is 38.4 Å². The molecule has 0 radical (unpaired) electrons. The highest BCUT2D eigenvalue weighted by atomic mass is 16.6. The Morgan fingerprint density at radius 1 is 0.773 bits per heavy atom. The van der Waals surface area contributed by atoms with Crippen LogP contribution in [0.4, 0.5) is 17.1 Å². The van der Waals surface area contributed by atoms with Crippen molar-refractivity contribution in [3.05, 3.63) is 185 Å². The van der Waals surface area contributed by atoms with Gasteiger partial charge in [-0.2, -0.15) is 0 Å². The number of fused-ring (bicyclic) bond motifs is 3. The number of hydrogen-bond donors (Lipinski definition) is 3. The van der Waals surface area contributed by atoms with Gasteiger partial charge in [0.1, 0.15) is 35.7 Å². The highest BCUT2D eigenvalue weighted by Gasteiger charge is 2.74. The Morgan fingerprint density at radius 2 is 1.42 bits per heavy atom. The van der Waals surface area contributed by atoms with Gasteiger partial charge in [0, 0.05) is 41.3 Å². The van der Waals surface area contributed by atoms with Crippen LogP contribution in [0.2, 0.25) is 0 Å². The molecule has 0 aliphatic carbocycles. The zero-order valence-electron chi connectivity index (χ0n) is 36.3. The van der Waals surface area contributed by atoms with Gasteiger partial charge in [-0.25, -0.2) is 0 Å². The first-order valence-corrected chi connectivity index (χ1v) is 22.1. The third-order valence-electron chi connectivity index (χ3n) is 13.1. The minimum absolute atomic E-state index is 0.0907. The summed E-state index contributed by atoms with van der Waals surface area (Å²) in [6.45, 7) is 2.68. The molecule has 12 heteroatoms. The molecule has 332 valence electrons. The lowest BCUT2D eigenvalue weighted by atomic mass is 9.65. The molecule has 4 heterocycles. The SMILES string of the molecule is COc1ccc(C#Cc2ccc3c(c2)C2(C(=O)N3)C(C(=O)Nc3ccc(N4CCOCC4)cc3)C3C(=O)OC(c4ccccc4)C(c4ccccc4)N3C2c2ccc(OCCO)cc2)cc1. The first-order chi connectivity index (χ1) is 32.4. The molecule has 3 saturated heterocycles. The van der Waals surface area contributed by atoms with E-state index in [4.69, 9.17) is 18.9 Å². The van der Waals surface area contributed by atoms with Crippen LogP contribution in [0.15, 0.2) is 152 Å². The molecule has 0 bridgehead atoms. The van der Waals surface area contributed by atoms with Gasteiger partial charge >= 0.3 is 5.97 Å². The summed E-state index contributed by atoms with van der Waals surface area (Å²) in [6.07, 6.45) is -0.816. The maximum atomic E-state index is 15.7. The monoisotopic (exact) mass is 880 g/mol. The molecule has 6 unspecified atom stereocenters. The number of nitrogens with one attached hydrogen (secondary N) is 2. The Hall–Kier alpha value is -7.43. The number of esters is 1. The quantitative estimate of drug-likeness (QED) is 0.0956. The molecular formula is C54H48N4O8. The second-order valence-electron chi connectivity index (χ2n) is 16.7. The molecule has 10 rings (SSSR count). The van der Waals surface area contributed by atoms with Crippen molar-refractivity contribution in [1.82, 2.24) is 4.90 Å². The van der Waals surface area contributed by atoms with Gasteiger partial charge in [0.2, 0.25) is 11.8 Å². The third kappa shape index (κ3) is 7.71. The van der Waals surface area contributed by atoms with Crippen molar-refractivity contribution in [2.45, 2.75) is 29.6 Å². The van der Waals surface area contributed by atoms with Gasteiger partial charge in [-0.05, 0) is 101 Å². The van der Waals surface area contributed by atoms with Gasteiger partial charge in [-0.3, -0.25) is 19.3 Å². The van der Waals surface area contributed by atoms with Crippen LogP contribution in [0.1, 0.15) is 51.6 Å². The number of benzene rings is 6. The fourth-order valence-electron chi connectivity index (χ4n) is 10.2. The van der Waals surface area contributed by atoms with Gasteiger partial charge in [0.15, 0.2) is 0 Å². The van der Waals surface area contributed by atoms with Crippen LogP contribution in [-0.4, -0.2) is 80.5 Å². The number of aliphatic hydroxyl groups excluding tert-OH is 1. The van der Waals surface area contributed by atoms with E-state index in [2.05, 4.69) is 32.3 Å². The van der Waals surface area contributed by atoms with Gasteiger partial charge in [-0.15, -0.1) is 0 Å². The van der Waals surface area contributed by atoms with E-state index in [9.17, 15) is 5.11 Å². The fraction of sp³-hybridized carbons (Fsp3) is 0.241.